The third-order valence-corrected chi connectivity index (χ3v) is 5.11. The highest BCUT2D eigenvalue weighted by molar-refractivity contribution is 5.92. The summed E-state index contributed by atoms with van der Waals surface area (Å²) in [5, 5.41) is 3.69. The largest absolute Gasteiger partial charge is 0.489 e. The van der Waals surface area contributed by atoms with Gasteiger partial charge in [0, 0.05) is 35.0 Å². The van der Waals surface area contributed by atoms with Crippen LogP contribution < -0.4 is 20.9 Å². The number of hydrogen-bond donors (Lipinski definition) is 4. The Bertz CT molecular complexity index is 1160. The number of fused-ring (bicyclic) bond motifs is 1. The molecule has 0 aliphatic carbocycles. The number of aryl methyl sites for hydroxylation is 1. The van der Waals surface area contributed by atoms with Gasteiger partial charge in [0.1, 0.15) is 12.4 Å². The van der Waals surface area contributed by atoms with Crippen LogP contribution in [0.15, 0.2) is 48.5 Å². The lowest BCUT2D eigenvalue weighted by Crippen LogP contribution is -2.44. The van der Waals surface area contributed by atoms with Gasteiger partial charge >= 0.3 is 0 Å². The van der Waals surface area contributed by atoms with E-state index in [4.69, 9.17) is 4.74 Å². The second-order valence-electron chi connectivity index (χ2n) is 9.28. The quantitative estimate of drug-likeness (QED) is 0.383. The van der Waals surface area contributed by atoms with Gasteiger partial charge in [-0.1, -0.05) is 30.3 Å². The lowest BCUT2D eigenvalue weighted by atomic mass is 10.1. The van der Waals surface area contributed by atoms with Gasteiger partial charge in [0.05, 0.1) is 6.42 Å². The maximum Gasteiger partial charge on any atom is 0.242 e. The van der Waals surface area contributed by atoms with Crippen molar-refractivity contribution in [2.75, 3.05) is 0 Å². The van der Waals surface area contributed by atoms with Crippen molar-refractivity contribution in [1.29, 1.82) is 0 Å². The van der Waals surface area contributed by atoms with Crippen molar-refractivity contribution in [2.24, 2.45) is 0 Å². The number of H-pyrrole nitrogens is 1. The molecule has 4 N–H and O–H groups in total. The molecule has 0 atom stereocenters. The number of rotatable bonds is 8. The van der Waals surface area contributed by atoms with Crippen molar-refractivity contribution >= 4 is 28.6 Å². The lowest BCUT2D eigenvalue weighted by molar-refractivity contribution is -0.130. The molecule has 0 aliphatic heterocycles. The van der Waals surface area contributed by atoms with Crippen molar-refractivity contribution in [1.82, 2.24) is 21.2 Å². The summed E-state index contributed by atoms with van der Waals surface area (Å²) < 4.78 is 5.92. The van der Waals surface area contributed by atoms with Gasteiger partial charge in [0.15, 0.2) is 0 Å². The molecular weight excluding hydrogens is 432 g/mol. The Morgan fingerprint density at radius 1 is 0.912 bits per heavy atom. The van der Waals surface area contributed by atoms with E-state index in [9.17, 15) is 14.4 Å². The molecule has 3 aromatic rings. The van der Waals surface area contributed by atoms with E-state index in [0.29, 0.717) is 12.4 Å². The molecule has 3 rings (SSSR count). The molecule has 8 nitrogen and oxygen atoms in total. The fraction of sp³-hybridized carbons (Fsp3) is 0.346. The Hall–Kier alpha value is -3.81. The SMILES string of the molecule is Cc1[nH]c2ccc(OCc3ccccc3)cc2c1CC(=O)NNC(=O)CCC(=O)NC(C)(C)C. The molecule has 0 bridgehead atoms. The Kier molecular flexibility index (Phi) is 7.94. The zero-order chi connectivity index (χ0) is 24.7. The highest BCUT2D eigenvalue weighted by atomic mass is 16.5. The monoisotopic (exact) mass is 464 g/mol. The van der Waals surface area contributed by atoms with Crippen LogP contribution in [0.25, 0.3) is 10.9 Å². The fourth-order valence-corrected chi connectivity index (χ4v) is 3.53. The standard InChI is InChI=1S/C26H32N4O4/c1-17-20(15-25(33)30-29-24(32)13-12-23(31)28-26(2,3)4)21-14-19(10-11-22(21)27-17)34-16-18-8-6-5-7-9-18/h5-11,14,27H,12-13,15-16H2,1-4H3,(H,28,31)(H,29,32)(H,30,33). The molecule has 0 saturated heterocycles. The first-order valence-corrected chi connectivity index (χ1v) is 11.3. The molecule has 0 unspecified atom stereocenters. The van der Waals surface area contributed by atoms with E-state index in [-0.39, 0.29) is 36.6 Å². The Balaban J connectivity index is 1.55. The number of amides is 3. The maximum atomic E-state index is 12.5. The minimum absolute atomic E-state index is 0.0174. The summed E-state index contributed by atoms with van der Waals surface area (Å²) in [4.78, 5) is 39.6. The molecule has 3 amide bonds. The molecule has 0 aliphatic rings. The van der Waals surface area contributed by atoms with E-state index in [2.05, 4.69) is 21.2 Å². The minimum atomic E-state index is -0.426. The second kappa shape index (κ2) is 10.9. The predicted octanol–water partition coefficient (Wildman–Crippen LogP) is 3.44. The van der Waals surface area contributed by atoms with Gasteiger partial charge in [-0.15, -0.1) is 0 Å². The smallest absolute Gasteiger partial charge is 0.242 e. The lowest BCUT2D eigenvalue weighted by Gasteiger charge is -2.20. The first-order chi connectivity index (χ1) is 16.1. The van der Waals surface area contributed by atoms with Gasteiger partial charge in [0.25, 0.3) is 0 Å². The van der Waals surface area contributed by atoms with Crippen LogP contribution in [0.2, 0.25) is 0 Å². The summed E-state index contributed by atoms with van der Waals surface area (Å²) in [6.07, 6.45) is 0.113. The number of ether oxygens (including phenoxy) is 1. The number of nitrogens with one attached hydrogen (secondary N) is 4. The molecule has 0 radical (unpaired) electrons. The van der Waals surface area contributed by atoms with Crippen LogP contribution in [0.5, 0.6) is 5.75 Å². The number of hydrazine groups is 1. The predicted molar refractivity (Wildman–Crippen MR) is 131 cm³/mol. The van der Waals surface area contributed by atoms with E-state index in [1.807, 2.05) is 76.2 Å². The molecule has 0 spiro atoms. The number of aromatic amines is 1. The van der Waals surface area contributed by atoms with E-state index < -0.39 is 5.91 Å². The number of carbonyl (C=O) groups excluding carboxylic acids is 3. The molecule has 1 heterocycles. The van der Waals surface area contributed by atoms with Crippen LogP contribution in [0.3, 0.4) is 0 Å². The normalized spacial score (nSPS) is 11.2. The van der Waals surface area contributed by atoms with Crippen LogP contribution in [0.4, 0.5) is 0 Å². The first-order valence-electron chi connectivity index (χ1n) is 11.3. The maximum absolute atomic E-state index is 12.5. The number of aromatic nitrogens is 1. The summed E-state index contributed by atoms with van der Waals surface area (Å²) in [6.45, 7) is 7.97. The van der Waals surface area contributed by atoms with Gasteiger partial charge in [-0.2, -0.15) is 0 Å². The Morgan fingerprint density at radius 2 is 1.59 bits per heavy atom. The zero-order valence-electron chi connectivity index (χ0n) is 20.1. The third kappa shape index (κ3) is 7.37. The Morgan fingerprint density at radius 3 is 2.29 bits per heavy atom. The topological polar surface area (TPSA) is 112 Å². The van der Waals surface area contributed by atoms with Gasteiger partial charge in [-0.25, -0.2) is 0 Å². The van der Waals surface area contributed by atoms with Gasteiger partial charge in [-0.3, -0.25) is 25.2 Å². The van der Waals surface area contributed by atoms with Crippen LogP contribution in [-0.4, -0.2) is 28.2 Å². The zero-order valence-corrected chi connectivity index (χ0v) is 20.1. The van der Waals surface area contributed by atoms with Crippen LogP contribution in [0, 0.1) is 6.92 Å². The number of hydrogen-bond acceptors (Lipinski definition) is 4. The molecule has 8 heteroatoms. The second-order valence-corrected chi connectivity index (χ2v) is 9.28. The van der Waals surface area contributed by atoms with E-state index >= 15 is 0 Å². The van der Waals surface area contributed by atoms with Gasteiger partial charge in [0.2, 0.25) is 17.7 Å². The molecule has 34 heavy (non-hydrogen) atoms. The van der Waals surface area contributed by atoms with Crippen LogP contribution >= 0.6 is 0 Å². The molecule has 2 aromatic carbocycles. The number of carbonyl (C=O) groups is 3. The summed E-state index contributed by atoms with van der Waals surface area (Å²) in [6, 6.07) is 15.6. The van der Waals surface area contributed by atoms with Crippen molar-refractivity contribution in [3.05, 3.63) is 65.4 Å². The van der Waals surface area contributed by atoms with Crippen molar-refractivity contribution in [2.45, 2.75) is 59.1 Å². The van der Waals surface area contributed by atoms with Crippen LogP contribution in [-0.2, 0) is 27.4 Å². The molecule has 180 valence electrons. The number of benzene rings is 2. The van der Waals surface area contributed by atoms with Gasteiger partial charge < -0.3 is 15.0 Å². The summed E-state index contributed by atoms with van der Waals surface area (Å²) in [5.41, 5.74) is 8.13. The van der Waals surface area contributed by atoms with Crippen LogP contribution in [0.1, 0.15) is 50.4 Å². The van der Waals surface area contributed by atoms with E-state index in [1.54, 1.807) is 0 Å². The molecule has 0 fully saturated rings. The highest BCUT2D eigenvalue weighted by Gasteiger charge is 2.16. The van der Waals surface area contributed by atoms with E-state index in [1.165, 1.54) is 0 Å². The highest BCUT2D eigenvalue weighted by Crippen LogP contribution is 2.27. The molecular formula is C26H32N4O4. The first kappa shape index (κ1) is 24.8. The average molecular weight is 465 g/mol. The summed E-state index contributed by atoms with van der Waals surface area (Å²) in [7, 11) is 0. The Labute approximate surface area is 199 Å². The minimum Gasteiger partial charge on any atom is -0.489 e. The molecule has 1 aromatic heterocycles. The van der Waals surface area contributed by atoms with Crippen molar-refractivity contribution in [3.8, 4) is 5.75 Å². The molecule has 0 saturated carbocycles. The van der Waals surface area contributed by atoms with Gasteiger partial charge in [-0.05, 0) is 57.0 Å². The average Bonchev–Trinajstić information content (AvgIpc) is 3.08. The van der Waals surface area contributed by atoms with Crippen molar-refractivity contribution < 1.29 is 19.1 Å². The third-order valence-electron chi connectivity index (χ3n) is 5.11. The fourth-order valence-electron chi connectivity index (χ4n) is 3.53. The van der Waals surface area contributed by atoms with Crippen molar-refractivity contribution in [3.63, 3.8) is 0 Å². The van der Waals surface area contributed by atoms with E-state index in [0.717, 1.165) is 27.7 Å². The summed E-state index contributed by atoms with van der Waals surface area (Å²) >= 11 is 0. The summed E-state index contributed by atoms with van der Waals surface area (Å²) in [5.74, 6) is -0.288.